The Morgan fingerprint density at radius 1 is 0.507 bits per heavy atom. The van der Waals surface area contributed by atoms with Crippen molar-refractivity contribution in [1.82, 2.24) is 26.6 Å². The molecule has 6 rings (SSSR count). The quantitative estimate of drug-likeness (QED) is 0.0724. The van der Waals surface area contributed by atoms with E-state index >= 15 is 0 Å². The average Bonchev–Trinajstić information content (AvgIpc) is 4.20. The normalized spacial score (nSPS) is 13.7. The van der Waals surface area contributed by atoms with Crippen LogP contribution in [0.1, 0.15) is 141 Å². The molecule has 2 aliphatic rings. The maximum absolute atomic E-state index is 14.8. The number of hydrogen-bond donors (Lipinski definition) is 6. The number of rotatable bonds is 13. The van der Waals surface area contributed by atoms with Crippen molar-refractivity contribution in [1.29, 1.82) is 0 Å². The predicted octanol–water partition coefficient (Wildman–Crippen LogP) is 8.93. The van der Waals surface area contributed by atoms with Gasteiger partial charge in [-0.25, -0.2) is 13.6 Å². The van der Waals surface area contributed by atoms with Crippen molar-refractivity contribution >= 4 is 35.5 Å². The van der Waals surface area contributed by atoms with Crippen LogP contribution in [0, 0.1) is 36.3 Å². The lowest BCUT2D eigenvalue weighted by Crippen LogP contribution is -2.35. The maximum Gasteiger partial charge on any atom is 0.405 e. The zero-order valence-corrected chi connectivity index (χ0v) is 38.7. The summed E-state index contributed by atoms with van der Waals surface area (Å²) in [5, 5.41) is 22.6. The first-order valence-corrected chi connectivity index (χ1v) is 21.8. The molecule has 2 fully saturated rings. The minimum Gasteiger partial charge on any atom is -0.478 e. The number of alkyl halides is 3. The fraction of sp³-hybridized carbons (Fsp3) is 0.400. The van der Waals surface area contributed by atoms with Crippen LogP contribution in [0.3, 0.4) is 0 Å². The molecule has 12 nitrogen and oxygen atoms in total. The molecule has 0 unspecified atom stereocenters. The zero-order chi connectivity index (χ0) is 49.8. The van der Waals surface area contributed by atoms with Crippen LogP contribution < -0.4 is 26.6 Å². The van der Waals surface area contributed by atoms with E-state index in [1.807, 2.05) is 46.9 Å². The first-order chi connectivity index (χ1) is 31.1. The molecule has 0 aliphatic heterocycles. The molecule has 0 atom stereocenters. The Hall–Kier alpha value is -6.65. The molecule has 2 saturated carbocycles. The standard InChI is InChI=1S/C26H29F4N3O3.C24H27FN2O4/c1-14-19(10-16(11-21(14)27)23(35)33-17-6-7-17)18-8-5-15(22(34)31-12-25(2,3)4)9-20(18)24(36)32-13-26(28,29)30;1-13-18(10-15(11-20(13)25)22(29)27-16-6-7-16)17-8-5-14(9-19(17)23(30)31)21(28)26-12-24(2,3)4/h5,8-11,17H,6-7,12-13H2,1-4H3,(H,31,34)(H,32,36)(H,33,35);5,8-11,16H,6-7,12H2,1-4H3,(H,26,28)(H,27,29)(H,30,31). The van der Waals surface area contributed by atoms with Gasteiger partial charge in [0.2, 0.25) is 0 Å². The van der Waals surface area contributed by atoms with Crippen LogP contribution >= 0.6 is 0 Å². The molecule has 17 heteroatoms. The number of carboxylic acid groups (broad SMARTS) is 1. The fourth-order valence-electron chi connectivity index (χ4n) is 6.55. The Morgan fingerprint density at radius 3 is 1.24 bits per heavy atom. The van der Waals surface area contributed by atoms with E-state index in [0.717, 1.165) is 37.8 Å². The van der Waals surface area contributed by atoms with Crippen molar-refractivity contribution in [3.05, 3.63) is 117 Å². The first kappa shape index (κ1) is 51.3. The highest BCUT2D eigenvalue weighted by atomic mass is 19.4. The van der Waals surface area contributed by atoms with Crippen molar-refractivity contribution in [2.75, 3.05) is 19.6 Å². The van der Waals surface area contributed by atoms with E-state index in [9.17, 15) is 55.8 Å². The molecular weight excluding hydrogens is 878 g/mol. The van der Waals surface area contributed by atoms with Gasteiger partial charge in [0.05, 0.1) is 5.56 Å². The molecule has 0 radical (unpaired) electrons. The topological polar surface area (TPSA) is 183 Å². The summed E-state index contributed by atoms with van der Waals surface area (Å²) in [5.74, 6) is -5.40. The number of aromatic carboxylic acids is 1. The molecule has 4 aromatic rings. The molecule has 2 aliphatic carbocycles. The number of amides is 5. The Kier molecular flexibility index (Phi) is 15.7. The van der Waals surface area contributed by atoms with E-state index in [4.69, 9.17) is 0 Å². The lowest BCUT2D eigenvalue weighted by Gasteiger charge is -2.19. The van der Waals surface area contributed by atoms with Gasteiger partial charge in [0.1, 0.15) is 18.2 Å². The Labute approximate surface area is 385 Å². The van der Waals surface area contributed by atoms with Crippen molar-refractivity contribution in [2.24, 2.45) is 10.8 Å². The molecular formula is C50H56F5N5O7. The van der Waals surface area contributed by atoms with Gasteiger partial charge in [-0.15, -0.1) is 0 Å². The molecule has 0 spiro atoms. The Balaban J connectivity index is 0.000000254. The minimum atomic E-state index is -4.65. The summed E-state index contributed by atoms with van der Waals surface area (Å²) >= 11 is 0. The molecule has 5 amide bonds. The number of carboxylic acids is 1. The van der Waals surface area contributed by atoms with E-state index in [1.165, 1.54) is 62.4 Å². The van der Waals surface area contributed by atoms with E-state index in [-0.39, 0.29) is 90.0 Å². The van der Waals surface area contributed by atoms with Crippen molar-refractivity contribution < 1.29 is 55.8 Å². The average molecular weight is 934 g/mol. The summed E-state index contributed by atoms with van der Waals surface area (Å²) in [5.41, 5.74) is 0.833. The van der Waals surface area contributed by atoms with Gasteiger partial charge in [-0.1, -0.05) is 53.7 Å². The summed E-state index contributed by atoms with van der Waals surface area (Å²) in [6.07, 6.45) is -1.20. The summed E-state index contributed by atoms with van der Waals surface area (Å²) in [6.45, 7) is 13.8. The lowest BCUT2D eigenvalue weighted by atomic mass is 9.91. The van der Waals surface area contributed by atoms with Crippen LogP contribution in [0.2, 0.25) is 0 Å². The van der Waals surface area contributed by atoms with Gasteiger partial charge in [0.25, 0.3) is 29.5 Å². The Bertz CT molecular complexity index is 2590. The molecule has 0 heterocycles. The highest BCUT2D eigenvalue weighted by Gasteiger charge is 2.30. The van der Waals surface area contributed by atoms with Crippen molar-refractivity contribution in [3.8, 4) is 22.3 Å². The van der Waals surface area contributed by atoms with E-state index in [0.29, 0.717) is 18.7 Å². The van der Waals surface area contributed by atoms with Gasteiger partial charge in [-0.3, -0.25) is 24.0 Å². The van der Waals surface area contributed by atoms with E-state index in [2.05, 4.69) is 21.3 Å². The smallest absolute Gasteiger partial charge is 0.405 e. The first-order valence-electron chi connectivity index (χ1n) is 21.8. The highest BCUT2D eigenvalue weighted by Crippen LogP contribution is 2.33. The van der Waals surface area contributed by atoms with E-state index < -0.39 is 54.0 Å². The van der Waals surface area contributed by atoms with Crippen LogP contribution in [0.25, 0.3) is 22.3 Å². The van der Waals surface area contributed by atoms with E-state index in [1.54, 1.807) is 0 Å². The van der Waals surface area contributed by atoms with Gasteiger partial charge in [-0.05, 0) is 132 Å². The summed E-state index contributed by atoms with van der Waals surface area (Å²) in [4.78, 5) is 74.9. The molecule has 67 heavy (non-hydrogen) atoms. The SMILES string of the molecule is Cc1c(F)cc(C(=O)NC2CC2)cc1-c1ccc(C(=O)NCC(C)(C)C)cc1C(=O)NCC(F)(F)F.Cc1c(F)cc(C(=O)NC2CC2)cc1-c1ccc(C(=O)NCC(C)(C)C)cc1C(=O)O. The third kappa shape index (κ3) is 14.7. The molecule has 0 aromatic heterocycles. The van der Waals surface area contributed by atoms with Gasteiger partial charge >= 0.3 is 12.1 Å². The zero-order valence-electron chi connectivity index (χ0n) is 38.7. The van der Waals surface area contributed by atoms with Crippen LogP contribution in [-0.4, -0.2) is 78.5 Å². The number of hydrogen-bond acceptors (Lipinski definition) is 6. The van der Waals surface area contributed by atoms with Crippen molar-refractivity contribution in [2.45, 2.75) is 99.3 Å². The second-order valence-electron chi connectivity index (χ2n) is 19.4. The second kappa shape index (κ2) is 20.5. The third-order valence-electron chi connectivity index (χ3n) is 10.7. The molecule has 358 valence electrons. The maximum atomic E-state index is 14.8. The van der Waals surface area contributed by atoms with Gasteiger partial charge in [0, 0.05) is 53.0 Å². The summed E-state index contributed by atoms with van der Waals surface area (Å²) < 4.78 is 67.7. The number of carbonyl (C=O) groups is 6. The number of benzene rings is 4. The minimum absolute atomic E-state index is 0.0219. The predicted molar refractivity (Wildman–Crippen MR) is 243 cm³/mol. The highest BCUT2D eigenvalue weighted by molar-refractivity contribution is 6.06. The Morgan fingerprint density at radius 2 is 0.881 bits per heavy atom. The summed E-state index contributed by atoms with van der Waals surface area (Å²) in [7, 11) is 0. The van der Waals surface area contributed by atoms with Crippen molar-refractivity contribution in [3.63, 3.8) is 0 Å². The molecule has 0 bridgehead atoms. The van der Waals surface area contributed by atoms with Crippen LogP contribution in [-0.2, 0) is 0 Å². The van der Waals surface area contributed by atoms with Crippen LogP contribution in [0.15, 0.2) is 60.7 Å². The largest absolute Gasteiger partial charge is 0.478 e. The van der Waals surface area contributed by atoms with Crippen LogP contribution in [0.4, 0.5) is 22.0 Å². The van der Waals surface area contributed by atoms with Crippen LogP contribution in [0.5, 0.6) is 0 Å². The molecule has 0 saturated heterocycles. The number of carbonyl (C=O) groups excluding carboxylic acids is 5. The fourth-order valence-corrected chi connectivity index (χ4v) is 6.55. The lowest BCUT2D eigenvalue weighted by molar-refractivity contribution is -0.123. The van der Waals surface area contributed by atoms with Gasteiger partial charge < -0.3 is 31.7 Å². The number of halogens is 5. The summed E-state index contributed by atoms with van der Waals surface area (Å²) in [6, 6.07) is 13.5. The van der Waals surface area contributed by atoms with Gasteiger partial charge in [0.15, 0.2) is 0 Å². The number of nitrogens with one attached hydrogen (secondary N) is 5. The molecule has 6 N–H and O–H groups in total. The van der Waals surface area contributed by atoms with Gasteiger partial charge in [-0.2, -0.15) is 13.2 Å². The third-order valence-corrected chi connectivity index (χ3v) is 10.7. The molecule has 4 aromatic carbocycles. The monoisotopic (exact) mass is 933 g/mol. The second-order valence-corrected chi connectivity index (χ2v) is 19.4.